The smallest absolute Gasteiger partial charge is 0.248 e. The van der Waals surface area contributed by atoms with E-state index in [0.29, 0.717) is 26.2 Å². The Morgan fingerprint density at radius 2 is 1.68 bits per heavy atom. The number of thiazole rings is 1. The largest absolute Gasteiger partial charge is 0.400 e. The number of likely N-dealkylation sites (tertiary alicyclic amines) is 1. The molecular formula is C29H37N3O5S. The molecule has 2 amide bonds. The van der Waals surface area contributed by atoms with Gasteiger partial charge in [0.1, 0.15) is 18.4 Å². The summed E-state index contributed by atoms with van der Waals surface area (Å²) >= 11 is 1.54. The van der Waals surface area contributed by atoms with Crippen molar-refractivity contribution in [2.75, 3.05) is 33.4 Å². The SMILES string of the molecule is C=O.CCOCC(=O)N1CCCC(C(=O)NCc2nc(-c3ccc(-c4ccc(C)cc4)cc3)cs2)C1.CO. The topological polar surface area (TPSA) is 109 Å². The summed E-state index contributed by atoms with van der Waals surface area (Å²) in [5.74, 6) is -0.251. The maximum atomic E-state index is 12.7. The number of aromatic nitrogens is 1. The van der Waals surface area contributed by atoms with Crippen molar-refractivity contribution in [2.24, 2.45) is 5.92 Å². The van der Waals surface area contributed by atoms with Crippen molar-refractivity contribution in [3.63, 3.8) is 0 Å². The van der Waals surface area contributed by atoms with Gasteiger partial charge in [0.05, 0.1) is 18.2 Å². The molecule has 1 aliphatic rings. The lowest BCUT2D eigenvalue weighted by atomic mass is 9.97. The molecule has 8 nitrogen and oxygen atoms in total. The maximum absolute atomic E-state index is 12.7. The number of aliphatic hydroxyl groups excluding tert-OH is 1. The highest BCUT2D eigenvalue weighted by atomic mass is 32.1. The van der Waals surface area contributed by atoms with Crippen molar-refractivity contribution in [2.45, 2.75) is 33.2 Å². The molecule has 0 radical (unpaired) electrons. The number of ether oxygens (including phenoxy) is 1. The second-order valence-corrected chi connectivity index (χ2v) is 9.55. The van der Waals surface area contributed by atoms with E-state index in [1.807, 2.05) is 19.1 Å². The molecule has 0 aliphatic carbocycles. The first-order valence-corrected chi connectivity index (χ1v) is 13.4. The van der Waals surface area contributed by atoms with Crippen LogP contribution in [0.2, 0.25) is 0 Å². The molecule has 0 spiro atoms. The third-order valence-corrected chi connectivity index (χ3v) is 6.95. The molecule has 3 aromatic rings. The molecule has 1 unspecified atom stereocenters. The fraction of sp³-hybridized carbons (Fsp3) is 0.379. The summed E-state index contributed by atoms with van der Waals surface area (Å²) in [4.78, 5) is 39.4. The molecule has 4 rings (SSSR count). The van der Waals surface area contributed by atoms with E-state index in [-0.39, 0.29) is 24.3 Å². The van der Waals surface area contributed by atoms with Crippen LogP contribution in [0, 0.1) is 12.8 Å². The predicted molar refractivity (Wildman–Crippen MR) is 151 cm³/mol. The maximum Gasteiger partial charge on any atom is 0.248 e. The molecular weight excluding hydrogens is 502 g/mol. The van der Waals surface area contributed by atoms with Gasteiger partial charge < -0.3 is 24.9 Å². The van der Waals surface area contributed by atoms with Crippen molar-refractivity contribution in [1.29, 1.82) is 0 Å². The summed E-state index contributed by atoms with van der Waals surface area (Å²) in [6, 6.07) is 16.9. The van der Waals surface area contributed by atoms with Gasteiger partial charge in [-0.3, -0.25) is 9.59 Å². The van der Waals surface area contributed by atoms with Crippen LogP contribution in [0.5, 0.6) is 0 Å². The van der Waals surface area contributed by atoms with E-state index >= 15 is 0 Å². The highest BCUT2D eigenvalue weighted by Crippen LogP contribution is 2.26. The lowest BCUT2D eigenvalue weighted by Crippen LogP contribution is -2.46. The van der Waals surface area contributed by atoms with Crippen LogP contribution in [-0.4, -0.2) is 67.0 Å². The number of carbonyl (C=O) groups is 3. The lowest BCUT2D eigenvalue weighted by Gasteiger charge is -2.32. The molecule has 1 fully saturated rings. The summed E-state index contributed by atoms with van der Waals surface area (Å²) in [6.45, 7) is 8.08. The zero-order valence-corrected chi connectivity index (χ0v) is 23.1. The molecule has 2 aromatic carbocycles. The first kappa shape index (κ1) is 30.8. The number of aliphatic hydroxyl groups is 1. The highest BCUT2D eigenvalue weighted by Gasteiger charge is 2.28. The zero-order chi connectivity index (χ0) is 27.9. The molecule has 1 aliphatic heterocycles. The van der Waals surface area contributed by atoms with E-state index in [0.717, 1.165) is 36.2 Å². The van der Waals surface area contributed by atoms with E-state index in [9.17, 15) is 9.59 Å². The Morgan fingerprint density at radius 3 is 2.32 bits per heavy atom. The predicted octanol–water partition coefficient (Wildman–Crippen LogP) is 4.10. The minimum atomic E-state index is -0.187. The average molecular weight is 540 g/mol. The highest BCUT2D eigenvalue weighted by molar-refractivity contribution is 7.09. The van der Waals surface area contributed by atoms with Crippen molar-refractivity contribution >= 4 is 29.9 Å². The van der Waals surface area contributed by atoms with Gasteiger partial charge in [-0.25, -0.2) is 4.98 Å². The van der Waals surface area contributed by atoms with Gasteiger partial charge in [-0.05, 0) is 37.8 Å². The molecule has 204 valence electrons. The third-order valence-electron chi connectivity index (χ3n) is 6.11. The normalized spacial score (nSPS) is 14.4. The first-order valence-electron chi connectivity index (χ1n) is 12.5. The first-order chi connectivity index (χ1) is 18.5. The molecule has 2 N–H and O–H groups in total. The molecule has 0 saturated carbocycles. The van der Waals surface area contributed by atoms with E-state index in [2.05, 4.69) is 60.8 Å². The standard InChI is InChI=1S/C27H31N3O3S.CH4O.CH2O/c1-3-33-17-26(31)30-14-4-5-23(16-30)27(32)28-15-25-29-24(18-34-25)22-12-10-21(11-13-22)20-8-6-19(2)7-9-20;2*1-2/h6-13,18,23H,3-5,14-17H2,1-2H3,(H,28,32);2H,1H3;1H2. The van der Waals surface area contributed by atoms with Crippen LogP contribution in [0.15, 0.2) is 53.9 Å². The average Bonchev–Trinajstić information content (AvgIpc) is 3.46. The monoisotopic (exact) mass is 539 g/mol. The molecule has 1 aromatic heterocycles. The fourth-order valence-corrected chi connectivity index (χ4v) is 4.85. The van der Waals surface area contributed by atoms with Crippen LogP contribution in [0.3, 0.4) is 0 Å². The van der Waals surface area contributed by atoms with Crippen LogP contribution >= 0.6 is 11.3 Å². The molecule has 1 saturated heterocycles. The summed E-state index contributed by atoms with van der Waals surface area (Å²) in [6.07, 6.45) is 1.62. The van der Waals surface area contributed by atoms with Gasteiger partial charge in [0, 0.05) is 37.7 Å². The van der Waals surface area contributed by atoms with Crippen molar-refractivity contribution in [3.8, 4) is 22.4 Å². The van der Waals surface area contributed by atoms with Crippen molar-refractivity contribution < 1.29 is 24.2 Å². The number of carbonyl (C=O) groups excluding carboxylic acids is 3. The van der Waals surface area contributed by atoms with Crippen LogP contribution in [0.1, 0.15) is 30.3 Å². The molecule has 2 heterocycles. The number of piperidine rings is 1. The molecule has 38 heavy (non-hydrogen) atoms. The van der Waals surface area contributed by atoms with Gasteiger partial charge in [0.25, 0.3) is 0 Å². The van der Waals surface area contributed by atoms with Gasteiger partial charge in [-0.2, -0.15) is 0 Å². The van der Waals surface area contributed by atoms with Crippen LogP contribution in [0.4, 0.5) is 0 Å². The Bertz CT molecular complexity index is 1130. The molecule has 0 bridgehead atoms. The third kappa shape index (κ3) is 8.86. The quantitative estimate of drug-likeness (QED) is 0.446. The van der Waals surface area contributed by atoms with Gasteiger partial charge in [-0.15, -0.1) is 11.3 Å². The number of benzene rings is 2. The van der Waals surface area contributed by atoms with E-state index in [1.54, 1.807) is 16.2 Å². The number of rotatable bonds is 8. The summed E-state index contributed by atoms with van der Waals surface area (Å²) in [5, 5.41) is 12.9. The zero-order valence-electron chi connectivity index (χ0n) is 22.3. The van der Waals surface area contributed by atoms with Gasteiger partial charge >= 0.3 is 0 Å². The van der Waals surface area contributed by atoms with Crippen LogP contribution < -0.4 is 5.32 Å². The summed E-state index contributed by atoms with van der Waals surface area (Å²) < 4.78 is 5.22. The Morgan fingerprint density at radius 1 is 1.08 bits per heavy atom. The number of hydrogen-bond acceptors (Lipinski definition) is 7. The number of hydrogen-bond donors (Lipinski definition) is 2. The van der Waals surface area contributed by atoms with Gasteiger partial charge in [0.15, 0.2) is 0 Å². The second kappa shape index (κ2) is 16.4. The summed E-state index contributed by atoms with van der Waals surface area (Å²) in [7, 11) is 1.00. The lowest BCUT2D eigenvalue weighted by molar-refractivity contribution is -0.139. The van der Waals surface area contributed by atoms with E-state index < -0.39 is 0 Å². The van der Waals surface area contributed by atoms with E-state index in [1.165, 1.54) is 16.7 Å². The Kier molecular flexibility index (Phi) is 13.3. The number of amides is 2. The Labute approximate surface area is 228 Å². The molecule has 1 atom stereocenters. The number of nitrogens with one attached hydrogen (secondary N) is 1. The Hall–Kier alpha value is -3.40. The Balaban J connectivity index is 0.00000121. The van der Waals surface area contributed by atoms with Crippen molar-refractivity contribution in [3.05, 3.63) is 64.5 Å². The van der Waals surface area contributed by atoms with Crippen molar-refractivity contribution in [1.82, 2.24) is 15.2 Å². The van der Waals surface area contributed by atoms with E-state index in [4.69, 9.17) is 19.6 Å². The summed E-state index contributed by atoms with van der Waals surface area (Å²) in [5.41, 5.74) is 5.58. The van der Waals surface area contributed by atoms with Crippen LogP contribution in [0.25, 0.3) is 22.4 Å². The van der Waals surface area contributed by atoms with Gasteiger partial charge in [0.2, 0.25) is 11.8 Å². The minimum Gasteiger partial charge on any atom is -0.400 e. The second-order valence-electron chi connectivity index (χ2n) is 8.60. The fourth-order valence-electron chi connectivity index (χ4n) is 4.11. The molecule has 9 heteroatoms. The minimum absolute atomic E-state index is 0.0203. The number of aryl methyl sites for hydroxylation is 1. The van der Waals surface area contributed by atoms with Crippen LogP contribution in [-0.2, 0) is 25.7 Å². The van der Waals surface area contributed by atoms with Gasteiger partial charge in [-0.1, -0.05) is 54.1 Å². The number of nitrogens with zero attached hydrogens (tertiary/aromatic N) is 2.